The quantitative estimate of drug-likeness (QED) is 0.676. The molecule has 4 aliphatic carbocycles. The number of ketones is 1. The molecule has 5 nitrogen and oxygen atoms in total. The van der Waals surface area contributed by atoms with E-state index in [-0.39, 0.29) is 23.8 Å². The fourth-order valence-corrected chi connectivity index (χ4v) is 6.42. The zero-order valence-corrected chi connectivity index (χ0v) is 17.9. The van der Waals surface area contributed by atoms with Gasteiger partial charge < -0.3 is 14.8 Å². The molecule has 1 amide bonds. The summed E-state index contributed by atoms with van der Waals surface area (Å²) in [4.78, 5) is 25.8. The summed E-state index contributed by atoms with van der Waals surface area (Å²) in [6, 6.07) is 14.2. The molecular weight excluding hydrogens is 390 g/mol. The largest absolute Gasteiger partial charge is 0.497 e. The van der Waals surface area contributed by atoms with Crippen molar-refractivity contribution in [1.29, 1.82) is 0 Å². The molecule has 2 aromatic rings. The van der Waals surface area contributed by atoms with Crippen LogP contribution in [0, 0.1) is 17.8 Å². The molecule has 0 aliphatic heterocycles. The van der Waals surface area contributed by atoms with Gasteiger partial charge in [-0.15, -0.1) is 0 Å². The number of hydrogen-bond donors (Lipinski definition) is 1. The van der Waals surface area contributed by atoms with E-state index in [0.29, 0.717) is 22.6 Å². The lowest BCUT2D eigenvalue weighted by Crippen LogP contribution is -2.60. The molecular formula is C26H29NO4. The van der Waals surface area contributed by atoms with E-state index in [2.05, 4.69) is 5.32 Å². The van der Waals surface area contributed by atoms with Crippen LogP contribution < -0.4 is 14.8 Å². The second kappa shape index (κ2) is 8.03. The van der Waals surface area contributed by atoms with Gasteiger partial charge >= 0.3 is 0 Å². The maximum Gasteiger partial charge on any atom is 0.258 e. The highest BCUT2D eigenvalue weighted by Gasteiger charge is 2.51. The molecule has 0 saturated heterocycles. The van der Waals surface area contributed by atoms with Gasteiger partial charge in [-0.1, -0.05) is 30.3 Å². The van der Waals surface area contributed by atoms with Crippen LogP contribution in [-0.2, 0) is 4.79 Å². The van der Waals surface area contributed by atoms with Crippen LogP contribution in [0.4, 0.5) is 0 Å². The molecule has 31 heavy (non-hydrogen) atoms. The molecule has 4 aliphatic rings. The average Bonchev–Trinajstić information content (AvgIpc) is 2.76. The van der Waals surface area contributed by atoms with Crippen LogP contribution in [0.2, 0.25) is 0 Å². The van der Waals surface area contributed by atoms with Gasteiger partial charge in [0.2, 0.25) is 0 Å². The van der Waals surface area contributed by atoms with Crippen molar-refractivity contribution in [3.8, 4) is 11.5 Å². The Balaban J connectivity index is 1.29. The Morgan fingerprint density at radius 1 is 0.968 bits per heavy atom. The van der Waals surface area contributed by atoms with E-state index in [0.717, 1.165) is 37.0 Å². The summed E-state index contributed by atoms with van der Waals surface area (Å²) in [5.41, 5.74) is 0.955. The number of benzene rings is 2. The summed E-state index contributed by atoms with van der Waals surface area (Å²) in [7, 11) is 1.57. The average molecular weight is 420 g/mol. The highest BCUT2D eigenvalue weighted by Crippen LogP contribution is 2.55. The Morgan fingerprint density at radius 3 is 2.23 bits per heavy atom. The zero-order chi connectivity index (χ0) is 21.4. The standard InChI is InChI=1S/C26H29NO4/c1-30-21-7-8-22(25(29)20-5-3-2-4-6-20)23(12-21)31-16-24(28)27-26-13-17-9-18(14-26)11-19(10-17)15-26/h2-8,12,17-19H,9-11,13-16H2,1H3,(H,27,28). The van der Waals surface area contributed by atoms with Gasteiger partial charge in [0.25, 0.3) is 5.91 Å². The Bertz CT molecular complexity index is 949. The van der Waals surface area contributed by atoms with E-state index in [1.807, 2.05) is 18.2 Å². The third-order valence-corrected chi connectivity index (χ3v) is 7.27. The predicted molar refractivity (Wildman–Crippen MR) is 117 cm³/mol. The number of carbonyl (C=O) groups excluding carboxylic acids is 2. The first kappa shape index (κ1) is 20.1. The molecule has 0 aromatic heterocycles. The Morgan fingerprint density at radius 2 is 1.61 bits per heavy atom. The van der Waals surface area contributed by atoms with Gasteiger partial charge in [0.05, 0.1) is 12.7 Å². The number of carbonyl (C=O) groups is 2. The van der Waals surface area contributed by atoms with Crippen molar-refractivity contribution in [3.63, 3.8) is 0 Å². The predicted octanol–water partition coefficient (Wildman–Crippen LogP) is 4.39. The topological polar surface area (TPSA) is 64.6 Å². The minimum atomic E-state index is -0.139. The Kier molecular flexibility index (Phi) is 5.20. The maximum absolute atomic E-state index is 13.0. The zero-order valence-electron chi connectivity index (χ0n) is 17.9. The number of rotatable bonds is 7. The van der Waals surface area contributed by atoms with Crippen LogP contribution in [0.1, 0.15) is 54.4 Å². The molecule has 162 valence electrons. The summed E-state index contributed by atoms with van der Waals surface area (Å²) in [6.07, 6.45) is 7.30. The van der Waals surface area contributed by atoms with Crippen molar-refractivity contribution in [3.05, 3.63) is 59.7 Å². The molecule has 0 spiro atoms. The molecule has 4 bridgehead atoms. The van der Waals surface area contributed by atoms with Crippen LogP contribution in [0.5, 0.6) is 11.5 Å². The molecule has 5 heteroatoms. The lowest BCUT2D eigenvalue weighted by Gasteiger charge is -2.56. The van der Waals surface area contributed by atoms with Crippen LogP contribution >= 0.6 is 0 Å². The first-order valence-electron chi connectivity index (χ1n) is 11.3. The molecule has 0 heterocycles. The van der Waals surface area contributed by atoms with Crippen molar-refractivity contribution in [1.82, 2.24) is 5.32 Å². The monoisotopic (exact) mass is 419 g/mol. The normalized spacial score (nSPS) is 28.2. The summed E-state index contributed by atoms with van der Waals surface area (Å²) < 4.78 is 11.2. The second-order valence-corrected chi connectivity index (χ2v) is 9.59. The first-order chi connectivity index (χ1) is 15.0. The minimum absolute atomic E-state index is 0.0493. The third-order valence-electron chi connectivity index (χ3n) is 7.27. The van der Waals surface area contributed by atoms with Crippen LogP contribution in [0.25, 0.3) is 0 Å². The second-order valence-electron chi connectivity index (χ2n) is 9.59. The van der Waals surface area contributed by atoms with Gasteiger partial charge in [0, 0.05) is 17.2 Å². The van der Waals surface area contributed by atoms with Crippen LogP contribution in [0.3, 0.4) is 0 Å². The number of amides is 1. The number of ether oxygens (including phenoxy) is 2. The summed E-state index contributed by atoms with van der Waals surface area (Å²) in [5.74, 6) is 3.00. The third kappa shape index (κ3) is 4.06. The highest BCUT2D eigenvalue weighted by molar-refractivity contribution is 6.10. The molecule has 0 unspecified atom stereocenters. The van der Waals surface area contributed by atoms with Crippen LogP contribution in [0.15, 0.2) is 48.5 Å². The van der Waals surface area contributed by atoms with Crippen molar-refractivity contribution in [2.45, 2.75) is 44.1 Å². The fourth-order valence-electron chi connectivity index (χ4n) is 6.42. The van der Waals surface area contributed by atoms with Crippen molar-refractivity contribution in [2.24, 2.45) is 17.8 Å². The SMILES string of the molecule is COc1ccc(C(=O)c2ccccc2)c(OCC(=O)NC23CC4CC(CC(C4)C2)C3)c1. The van der Waals surface area contributed by atoms with Crippen molar-refractivity contribution >= 4 is 11.7 Å². The van der Waals surface area contributed by atoms with E-state index in [1.165, 1.54) is 19.3 Å². The van der Waals surface area contributed by atoms with E-state index in [1.54, 1.807) is 37.4 Å². The van der Waals surface area contributed by atoms with Gasteiger partial charge in [-0.3, -0.25) is 9.59 Å². The Hall–Kier alpha value is -2.82. The van der Waals surface area contributed by atoms with Crippen molar-refractivity contribution in [2.75, 3.05) is 13.7 Å². The summed E-state index contributed by atoms with van der Waals surface area (Å²) in [5, 5.41) is 3.32. The van der Waals surface area contributed by atoms with Gasteiger partial charge in [-0.25, -0.2) is 0 Å². The number of nitrogens with one attached hydrogen (secondary N) is 1. The molecule has 6 rings (SSSR count). The molecule has 1 N–H and O–H groups in total. The van der Waals surface area contributed by atoms with Gasteiger partial charge in [-0.05, 0) is 68.4 Å². The van der Waals surface area contributed by atoms with E-state index in [9.17, 15) is 9.59 Å². The van der Waals surface area contributed by atoms with E-state index >= 15 is 0 Å². The van der Waals surface area contributed by atoms with Gasteiger partial charge in [-0.2, -0.15) is 0 Å². The fraction of sp³-hybridized carbons (Fsp3) is 0.462. The lowest BCUT2D eigenvalue weighted by atomic mass is 9.53. The van der Waals surface area contributed by atoms with Gasteiger partial charge in [0.15, 0.2) is 12.4 Å². The van der Waals surface area contributed by atoms with E-state index in [4.69, 9.17) is 9.47 Å². The number of hydrogen-bond acceptors (Lipinski definition) is 4. The number of methoxy groups -OCH3 is 1. The van der Waals surface area contributed by atoms with E-state index < -0.39 is 0 Å². The Labute approximate surface area is 183 Å². The minimum Gasteiger partial charge on any atom is -0.497 e. The smallest absolute Gasteiger partial charge is 0.258 e. The lowest BCUT2D eigenvalue weighted by molar-refractivity contribution is -0.128. The van der Waals surface area contributed by atoms with Gasteiger partial charge in [0.1, 0.15) is 11.5 Å². The highest BCUT2D eigenvalue weighted by atomic mass is 16.5. The first-order valence-corrected chi connectivity index (χ1v) is 11.3. The molecule has 0 radical (unpaired) electrons. The summed E-state index contributed by atoms with van der Waals surface area (Å²) >= 11 is 0. The molecule has 4 saturated carbocycles. The van der Waals surface area contributed by atoms with Crippen molar-refractivity contribution < 1.29 is 19.1 Å². The molecule has 2 aromatic carbocycles. The molecule has 0 atom stereocenters. The molecule has 4 fully saturated rings. The summed E-state index contributed by atoms with van der Waals surface area (Å²) in [6.45, 7) is -0.107. The maximum atomic E-state index is 13.0. The van der Waals surface area contributed by atoms with Crippen LogP contribution in [-0.4, -0.2) is 30.9 Å².